The van der Waals surface area contributed by atoms with Crippen molar-refractivity contribution in [3.63, 3.8) is 0 Å². The van der Waals surface area contributed by atoms with E-state index in [2.05, 4.69) is 10.2 Å². The van der Waals surface area contributed by atoms with Crippen LogP contribution in [0.2, 0.25) is 0 Å². The Labute approximate surface area is 133 Å². The highest BCUT2D eigenvalue weighted by molar-refractivity contribution is 5.68. The van der Waals surface area contributed by atoms with Gasteiger partial charge in [0.25, 0.3) is 0 Å². The van der Waals surface area contributed by atoms with Gasteiger partial charge in [0.1, 0.15) is 5.60 Å². The van der Waals surface area contributed by atoms with Crippen molar-refractivity contribution in [2.24, 2.45) is 5.92 Å². The SMILES string of the molecule is CC(C)(C)OC(=O)N1CCN(CC2CCNCC2)[C@H](CO)C1. The van der Waals surface area contributed by atoms with Gasteiger partial charge in [-0.25, -0.2) is 4.79 Å². The van der Waals surface area contributed by atoms with Gasteiger partial charge in [-0.3, -0.25) is 4.90 Å². The Balaban J connectivity index is 1.86. The molecule has 6 nitrogen and oxygen atoms in total. The number of hydrogen-bond donors (Lipinski definition) is 2. The summed E-state index contributed by atoms with van der Waals surface area (Å²) < 4.78 is 5.43. The lowest BCUT2D eigenvalue weighted by Gasteiger charge is -2.42. The summed E-state index contributed by atoms with van der Waals surface area (Å²) >= 11 is 0. The predicted molar refractivity (Wildman–Crippen MR) is 85.8 cm³/mol. The van der Waals surface area contributed by atoms with E-state index in [4.69, 9.17) is 4.74 Å². The molecule has 2 heterocycles. The van der Waals surface area contributed by atoms with Crippen molar-refractivity contribution in [3.8, 4) is 0 Å². The summed E-state index contributed by atoms with van der Waals surface area (Å²) in [5.74, 6) is 0.698. The lowest BCUT2D eigenvalue weighted by molar-refractivity contribution is -0.00841. The fourth-order valence-corrected chi connectivity index (χ4v) is 3.19. The number of piperidine rings is 1. The Hall–Kier alpha value is -0.850. The minimum atomic E-state index is -0.474. The minimum Gasteiger partial charge on any atom is -0.444 e. The summed E-state index contributed by atoms with van der Waals surface area (Å²) in [4.78, 5) is 16.2. The summed E-state index contributed by atoms with van der Waals surface area (Å²) in [6.07, 6.45) is 2.13. The highest BCUT2D eigenvalue weighted by Crippen LogP contribution is 2.19. The molecular formula is C16H31N3O3. The van der Waals surface area contributed by atoms with Crippen LogP contribution in [0.15, 0.2) is 0 Å². The topological polar surface area (TPSA) is 65.0 Å². The number of piperazine rings is 1. The second-order valence-corrected chi connectivity index (χ2v) is 7.45. The van der Waals surface area contributed by atoms with Crippen molar-refractivity contribution in [1.29, 1.82) is 0 Å². The third-order valence-corrected chi connectivity index (χ3v) is 4.42. The van der Waals surface area contributed by atoms with E-state index in [1.165, 1.54) is 12.8 Å². The van der Waals surface area contributed by atoms with Crippen LogP contribution >= 0.6 is 0 Å². The van der Waals surface area contributed by atoms with Gasteiger partial charge < -0.3 is 20.1 Å². The van der Waals surface area contributed by atoms with Gasteiger partial charge in [0.15, 0.2) is 0 Å². The number of carbonyl (C=O) groups excluding carboxylic acids is 1. The van der Waals surface area contributed by atoms with Crippen molar-refractivity contribution in [2.45, 2.75) is 45.3 Å². The molecule has 6 heteroatoms. The number of hydrogen-bond acceptors (Lipinski definition) is 5. The summed E-state index contributed by atoms with van der Waals surface area (Å²) in [6, 6.07) is 0.0242. The second kappa shape index (κ2) is 7.62. The lowest BCUT2D eigenvalue weighted by atomic mass is 9.96. The molecule has 2 aliphatic heterocycles. The van der Waals surface area contributed by atoms with Gasteiger partial charge >= 0.3 is 6.09 Å². The predicted octanol–water partition coefficient (Wildman–Crippen LogP) is 0.900. The Bertz CT molecular complexity index is 364. The molecule has 2 N–H and O–H groups in total. The molecule has 1 atom stereocenters. The van der Waals surface area contributed by atoms with E-state index in [1.807, 2.05) is 20.8 Å². The number of rotatable bonds is 3. The molecule has 0 bridgehead atoms. The van der Waals surface area contributed by atoms with Gasteiger partial charge in [-0.15, -0.1) is 0 Å². The summed E-state index contributed by atoms with van der Waals surface area (Å²) in [5.41, 5.74) is -0.474. The van der Waals surface area contributed by atoms with Crippen LogP contribution in [0.5, 0.6) is 0 Å². The standard InChI is InChI=1S/C16H31N3O3/c1-16(2,3)22-15(21)19-9-8-18(14(11-19)12-20)10-13-4-6-17-7-5-13/h13-14,17,20H,4-12H2,1-3H3/t14-/m0/s1. The lowest BCUT2D eigenvalue weighted by Crippen LogP contribution is -2.57. The van der Waals surface area contributed by atoms with E-state index in [0.29, 0.717) is 19.0 Å². The first kappa shape index (κ1) is 17.5. The van der Waals surface area contributed by atoms with Crippen LogP contribution < -0.4 is 5.32 Å². The molecule has 0 radical (unpaired) electrons. The van der Waals surface area contributed by atoms with E-state index >= 15 is 0 Å². The molecule has 2 fully saturated rings. The Morgan fingerprint density at radius 2 is 1.95 bits per heavy atom. The first-order valence-electron chi connectivity index (χ1n) is 8.42. The molecule has 22 heavy (non-hydrogen) atoms. The highest BCUT2D eigenvalue weighted by Gasteiger charge is 2.32. The first-order chi connectivity index (χ1) is 10.4. The minimum absolute atomic E-state index is 0.0242. The summed E-state index contributed by atoms with van der Waals surface area (Å²) in [6.45, 7) is 11.0. The molecule has 2 aliphatic rings. The maximum absolute atomic E-state index is 12.2. The van der Waals surface area contributed by atoms with Crippen molar-refractivity contribution in [1.82, 2.24) is 15.1 Å². The smallest absolute Gasteiger partial charge is 0.410 e. The normalized spacial score (nSPS) is 25.3. The summed E-state index contributed by atoms with van der Waals surface area (Å²) in [5, 5.41) is 13.1. The number of nitrogens with zero attached hydrogens (tertiary/aromatic N) is 2. The van der Waals surface area contributed by atoms with E-state index in [0.717, 1.165) is 26.2 Å². The summed E-state index contributed by atoms with van der Waals surface area (Å²) in [7, 11) is 0. The quantitative estimate of drug-likeness (QED) is 0.810. The molecular weight excluding hydrogens is 282 g/mol. The fourth-order valence-electron chi connectivity index (χ4n) is 3.19. The largest absolute Gasteiger partial charge is 0.444 e. The van der Waals surface area contributed by atoms with Crippen LogP contribution in [0.25, 0.3) is 0 Å². The number of aliphatic hydroxyl groups excluding tert-OH is 1. The maximum atomic E-state index is 12.2. The Morgan fingerprint density at radius 1 is 1.27 bits per heavy atom. The molecule has 0 unspecified atom stereocenters. The molecule has 2 rings (SSSR count). The van der Waals surface area contributed by atoms with Crippen molar-refractivity contribution in [3.05, 3.63) is 0 Å². The number of nitrogens with one attached hydrogen (secondary N) is 1. The third kappa shape index (κ3) is 5.11. The zero-order valence-electron chi connectivity index (χ0n) is 14.2. The number of carbonyl (C=O) groups is 1. The second-order valence-electron chi connectivity index (χ2n) is 7.45. The van der Waals surface area contributed by atoms with Crippen LogP contribution in [-0.2, 0) is 4.74 Å². The number of amides is 1. The van der Waals surface area contributed by atoms with Gasteiger partial charge in [0.05, 0.1) is 12.6 Å². The molecule has 0 aromatic heterocycles. The van der Waals surface area contributed by atoms with Crippen LogP contribution in [0, 0.1) is 5.92 Å². The monoisotopic (exact) mass is 313 g/mol. The van der Waals surface area contributed by atoms with Crippen molar-refractivity contribution >= 4 is 6.09 Å². The van der Waals surface area contributed by atoms with Gasteiger partial charge in [-0.05, 0) is 52.6 Å². The van der Waals surface area contributed by atoms with Gasteiger partial charge in [-0.1, -0.05) is 0 Å². The van der Waals surface area contributed by atoms with Gasteiger partial charge in [-0.2, -0.15) is 0 Å². The van der Waals surface area contributed by atoms with Crippen LogP contribution in [0.1, 0.15) is 33.6 Å². The van der Waals surface area contributed by atoms with E-state index in [1.54, 1.807) is 4.90 Å². The zero-order valence-corrected chi connectivity index (χ0v) is 14.2. The maximum Gasteiger partial charge on any atom is 0.410 e. The number of aliphatic hydroxyl groups is 1. The van der Waals surface area contributed by atoms with E-state index in [9.17, 15) is 9.90 Å². The molecule has 128 valence electrons. The Kier molecular flexibility index (Phi) is 6.06. The van der Waals surface area contributed by atoms with Gasteiger partial charge in [0.2, 0.25) is 0 Å². The van der Waals surface area contributed by atoms with E-state index < -0.39 is 5.60 Å². The van der Waals surface area contributed by atoms with Crippen molar-refractivity contribution < 1.29 is 14.6 Å². The van der Waals surface area contributed by atoms with E-state index in [-0.39, 0.29) is 18.7 Å². The first-order valence-corrected chi connectivity index (χ1v) is 8.42. The zero-order chi connectivity index (χ0) is 16.2. The third-order valence-electron chi connectivity index (χ3n) is 4.42. The molecule has 0 aliphatic carbocycles. The molecule has 2 saturated heterocycles. The van der Waals surface area contributed by atoms with Crippen LogP contribution in [0.4, 0.5) is 4.79 Å². The average Bonchev–Trinajstić information content (AvgIpc) is 2.47. The van der Waals surface area contributed by atoms with Crippen LogP contribution in [0.3, 0.4) is 0 Å². The molecule has 1 amide bonds. The van der Waals surface area contributed by atoms with Crippen molar-refractivity contribution in [2.75, 3.05) is 45.9 Å². The molecule has 0 saturated carbocycles. The highest BCUT2D eigenvalue weighted by atomic mass is 16.6. The van der Waals surface area contributed by atoms with Gasteiger partial charge in [0, 0.05) is 26.2 Å². The molecule has 0 aromatic carbocycles. The molecule has 0 aromatic rings. The van der Waals surface area contributed by atoms with Crippen LogP contribution in [-0.4, -0.2) is 78.5 Å². The molecule has 0 spiro atoms. The Morgan fingerprint density at radius 3 is 2.55 bits per heavy atom. The fraction of sp³-hybridized carbons (Fsp3) is 0.938. The number of ether oxygens (including phenoxy) is 1. The average molecular weight is 313 g/mol.